The van der Waals surface area contributed by atoms with Crippen LogP contribution in [0.25, 0.3) is 0 Å². The van der Waals surface area contributed by atoms with E-state index < -0.39 is 5.60 Å². The van der Waals surface area contributed by atoms with Gasteiger partial charge in [0.15, 0.2) is 0 Å². The molecule has 1 fully saturated rings. The Morgan fingerprint density at radius 3 is 1.00 bits per heavy atom. The van der Waals surface area contributed by atoms with Gasteiger partial charge in [0.25, 0.3) is 0 Å². The molecule has 0 unspecified atom stereocenters. The molecule has 0 radical (unpaired) electrons. The van der Waals surface area contributed by atoms with Gasteiger partial charge in [-0.1, -0.05) is 0 Å². The van der Waals surface area contributed by atoms with Gasteiger partial charge < -0.3 is 25.2 Å². The van der Waals surface area contributed by atoms with Gasteiger partial charge in [-0.25, -0.2) is 0 Å². The first-order valence-corrected chi connectivity index (χ1v) is 7.10. The Morgan fingerprint density at radius 2 is 1.00 bits per heavy atom. The third-order valence-corrected chi connectivity index (χ3v) is 1.23. The number of ether oxygens (including phenoxy) is 1. The second-order valence-corrected chi connectivity index (χ2v) is 6.40. The molecule has 0 amide bonds. The SMILES string of the molecule is CC(C)(C)O.CC(C)O.CC(C)O.C[C@H](O)[C@H]1O[C@H]1C.[Ti]. The zero-order chi connectivity index (χ0) is 17.1. The second-order valence-electron chi connectivity index (χ2n) is 6.40. The molecule has 0 aromatic heterocycles. The smallest absolute Gasteiger partial charge is 0.109 e. The van der Waals surface area contributed by atoms with Crippen molar-refractivity contribution in [2.24, 2.45) is 0 Å². The van der Waals surface area contributed by atoms with Crippen LogP contribution in [0.5, 0.6) is 0 Å². The Bertz CT molecular complexity index is 185. The Morgan fingerprint density at radius 1 is 0.857 bits per heavy atom. The van der Waals surface area contributed by atoms with Gasteiger partial charge >= 0.3 is 0 Å². The monoisotopic (exact) mass is 344 g/mol. The fourth-order valence-corrected chi connectivity index (χ4v) is 0.708. The average Bonchev–Trinajstić information content (AvgIpc) is 2.76. The molecule has 1 aliphatic rings. The average molecular weight is 344 g/mol. The molecule has 5 nitrogen and oxygen atoms in total. The van der Waals surface area contributed by atoms with E-state index >= 15 is 0 Å². The second kappa shape index (κ2) is 15.4. The zero-order valence-electron chi connectivity index (χ0n) is 15.1. The van der Waals surface area contributed by atoms with E-state index in [0.29, 0.717) is 6.10 Å². The minimum absolute atomic E-state index is 0. The topological polar surface area (TPSA) is 93.5 Å². The van der Waals surface area contributed by atoms with Crippen molar-refractivity contribution >= 4 is 0 Å². The number of rotatable bonds is 1. The largest absolute Gasteiger partial charge is 0.394 e. The molecule has 1 heterocycles. The molecular formula is C15H36O5Ti. The van der Waals surface area contributed by atoms with Crippen LogP contribution in [0.4, 0.5) is 0 Å². The van der Waals surface area contributed by atoms with Crippen LogP contribution in [0.15, 0.2) is 0 Å². The van der Waals surface area contributed by atoms with E-state index in [1.165, 1.54) is 0 Å². The molecular weight excluding hydrogens is 308 g/mol. The summed E-state index contributed by atoms with van der Waals surface area (Å²) in [5.74, 6) is 0. The van der Waals surface area contributed by atoms with E-state index in [0.717, 1.165) is 0 Å². The van der Waals surface area contributed by atoms with Crippen molar-refractivity contribution < 1.29 is 46.9 Å². The molecule has 3 atom stereocenters. The summed E-state index contributed by atoms with van der Waals surface area (Å²) in [5.41, 5.74) is -0.500. The predicted octanol–water partition coefficient (Wildman–Crippen LogP) is 1.70. The molecule has 21 heavy (non-hydrogen) atoms. The molecule has 1 rings (SSSR count). The molecule has 0 aliphatic carbocycles. The quantitative estimate of drug-likeness (QED) is 0.429. The van der Waals surface area contributed by atoms with Gasteiger partial charge in [-0.05, 0) is 62.3 Å². The van der Waals surface area contributed by atoms with Gasteiger partial charge in [0.2, 0.25) is 0 Å². The first-order valence-electron chi connectivity index (χ1n) is 7.10. The zero-order valence-corrected chi connectivity index (χ0v) is 16.6. The van der Waals surface area contributed by atoms with E-state index in [9.17, 15) is 0 Å². The minimum Gasteiger partial charge on any atom is -0.394 e. The summed E-state index contributed by atoms with van der Waals surface area (Å²) in [5, 5.41) is 33.4. The van der Waals surface area contributed by atoms with Crippen molar-refractivity contribution in [3.63, 3.8) is 0 Å². The van der Waals surface area contributed by atoms with Crippen LogP contribution in [0, 0.1) is 0 Å². The van der Waals surface area contributed by atoms with Crippen molar-refractivity contribution in [1.29, 1.82) is 0 Å². The fourth-order valence-electron chi connectivity index (χ4n) is 0.708. The summed E-state index contributed by atoms with van der Waals surface area (Å²) in [6, 6.07) is 0. The molecule has 4 N–H and O–H groups in total. The van der Waals surface area contributed by atoms with Gasteiger partial charge in [-0.2, -0.15) is 0 Å². The van der Waals surface area contributed by atoms with Crippen LogP contribution >= 0.6 is 0 Å². The van der Waals surface area contributed by atoms with Crippen LogP contribution in [0.2, 0.25) is 0 Å². The summed E-state index contributed by atoms with van der Waals surface area (Å²) >= 11 is 0. The number of aliphatic hydroxyl groups excluding tert-OH is 3. The first-order chi connectivity index (χ1) is 8.68. The molecule has 1 aliphatic heterocycles. The summed E-state index contributed by atoms with van der Waals surface area (Å²) < 4.78 is 4.93. The Balaban J connectivity index is -0.0000000937. The summed E-state index contributed by atoms with van der Waals surface area (Å²) in [7, 11) is 0. The molecule has 0 aromatic carbocycles. The molecule has 6 heteroatoms. The third-order valence-electron chi connectivity index (χ3n) is 1.23. The van der Waals surface area contributed by atoms with E-state index in [2.05, 4.69) is 0 Å². The number of epoxide rings is 1. The van der Waals surface area contributed by atoms with E-state index in [-0.39, 0.29) is 46.1 Å². The molecule has 0 spiro atoms. The summed E-state index contributed by atoms with van der Waals surface area (Å²) in [6.45, 7) is 15.8. The molecule has 130 valence electrons. The van der Waals surface area contributed by atoms with Crippen LogP contribution < -0.4 is 0 Å². The van der Waals surface area contributed by atoms with Gasteiger partial charge in [-0.15, -0.1) is 0 Å². The van der Waals surface area contributed by atoms with Crippen LogP contribution in [0.1, 0.15) is 62.3 Å². The first kappa shape index (κ1) is 29.5. The van der Waals surface area contributed by atoms with Crippen molar-refractivity contribution in [3.8, 4) is 0 Å². The predicted molar refractivity (Wildman–Crippen MR) is 82.7 cm³/mol. The van der Waals surface area contributed by atoms with Crippen LogP contribution in [-0.2, 0) is 26.5 Å². The summed E-state index contributed by atoms with van der Waals surface area (Å²) in [4.78, 5) is 0. The molecule has 0 bridgehead atoms. The standard InChI is InChI=1S/C5H10O2.C4H10O.2C3H8O.Ti/c1-3(6)5-4(2)7-5;1-4(2,3)5;2*1-3(2)4;/h3-6H,1-2H3;5H,1-3H3;2*3-4H,1-2H3;/t3-,4-,5+;;;;/m0..../s1. The Hall–Kier alpha value is 0.514. The maximum atomic E-state index is 8.74. The number of aliphatic hydroxyl groups is 4. The maximum absolute atomic E-state index is 8.74. The van der Waals surface area contributed by atoms with Crippen molar-refractivity contribution in [2.45, 2.75) is 98.4 Å². The van der Waals surface area contributed by atoms with Crippen molar-refractivity contribution in [3.05, 3.63) is 0 Å². The summed E-state index contributed by atoms with van der Waals surface area (Å²) in [6.07, 6.45) is -0.199. The van der Waals surface area contributed by atoms with Gasteiger partial charge in [0.1, 0.15) is 6.10 Å². The molecule has 0 aromatic rings. The number of hydrogen-bond donors (Lipinski definition) is 4. The normalized spacial score (nSPS) is 20.7. The van der Waals surface area contributed by atoms with Crippen LogP contribution in [-0.4, -0.2) is 56.5 Å². The van der Waals surface area contributed by atoms with E-state index in [1.54, 1.807) is 55.4 Å². The fraction of sp³-hybridized carbons (Fsp3) is 1.00. The minimum atomic E-state index is -0.500. The number of hydrogen-bond acceptors (Lipinski definition) is 5. The van der Waals surface area contributed by atoms with E-state index in [1.807, 2.05) is 6.92 Å². The maximum Gasteiger partial charge on any atom is 0.109 e. The third kappa shape index (κ3) is 63.6. The van der Waals surface area contributed by atoms with Gasteiger partial charge in [0, 0.05) is 33.9 Å². The van der Waals surface area contributed by atoms with E-state index in [4.69, 9.17) is 25.2 Å². The van der Waals surface area contributed by atoms with Crippen LogP contribution in [0.3, 0.4) is 0 Å². The van der Waals surface area contributed by atoms with Gasteiger partial charge in [0.05, 0.1) is 17.8 Å². The molecule has 1 saturated heterocycles. The van der Waals surface area contributed by atoms with Gasteiger partial charge in [-0.3, -0.25) is 0 Å². The van der Waals surface area contributed by atoms with Crippen molar-refractivity contribution in [2.75, 3.05) is 0 Å². The molecule has 0 saturated carbocycles. The Labute approximate surface area is 145 Å². The van der Waals surface area contributed by atoms with Crippen molar-refractivity contribution in [1.82, 2.24) is 0 Å². The Kier molecular flexibility index (Phi) is 21.7.